The molecule has 1 fully saturated rings. The molecule has 1 atom stereocenters. The lowest BCUT2D eigenvalue weighted by Crippen LogP contribution is -2.30. The molecule has 6 heteroatoms. The summed E-state index contributed by atoms with van der Waals surface area (Å²) in [6.45, 7) is 5.38. The molecule has 1 aromatic rings. The number of pyridine rings is 1. The zero-order chi connectivity index (χ0) is 15.4. The normalized spacial score (nSPS) is 19.1. The zero-order valence-corrected chi connectivity index (χ0v) is 12.7. The van der Waals surface area contributed by atoms with Gasteiger partial charge >= 0.3 is 0 Å². The SMILES string of the molecule is Cc1cnc(CN2CCCC2CCCO)c(C)c1[N+](=O)[O-]. The van der Waals surface area contributed by atoms with E-state index in [1.807, 2.05) is 0 Å². The number of aliphatic hydroxyl groups excluding tert-OH is 1. The number of hydrogen-bond acceptors (Lipinski definition) is 5. The molecule has 0 aromatic carbocycles. The largest absolute Gasteiger partial charge is 0.396 e. The number of aliphatic hydroxyl groups is 1. The highest BCUT2D eigenvalue weighted by Gasteiger charge is 2.26. The van der Waals surface area contributed by atoms with Crippen LogP contribution in [0.2, 0.25) is 0 Å². The van der Waals surface area contributed by atoms with Crippen LogP contribution in [-0.2, 0) is 6.54 Å². The van der Waals surface area contributed by atoms with Crippen LogP contribution in [0, 0.1) is 24.0 Å². The minimum absolute atomic E-state index is 0.186. The van der Waals surface area contributed by atoms with Crippen molar-refractivity contribution in [2.45, 2.75) is 52.1 Å². The molecule has 0 spiro atoms. The molecular weight excluding hydrogens is 270 g/mol. The molecule has 2 heterocycles. The molecule has 0 bridgehead atoms. The van der Waals surface area contributed by atoms with Crippen molar-refractivity contribution < 1.29 is 10.0 Å². The summed E-state index contributed by atoms with van der Waals surface area (Å²) in [5, 5.41) is 20.1. The van der Waals surface area contributed by atoms with E-state index in [0.717, 1.165) is 37.9 Å². The van der Waals surface area contributed by atoms with Crippen LogP contribution in [0.4, 0.5) is 5.69 Å². The number of aryl methyl sites for hydroxylation is 1. The van der Waals surface area contributed by atoms with Crippen LogP contribution >= 0.6 is 0 Å². The zero-order valence-electron chi connectivity index (χ0n) is 12.7. The Morgan fingerprint density at radius 2 is 2.29 bits per heavy atom. The molecular formula is C15H23N3O3. The first-order valence-corrected chi connectivity index (χ1v) is 7.49. The minimum Gasteiger partial charge on any atom is -0.396 e. The maximum absolute atomic E-state index is 11.2. The van der Waals surface area contributed by atoms with E-state index < -0.39 is 0 Å². The number of hydrogen-bond donors (Lipinski definition) is 1. The molecule has 1 aliphatic rings. The summed E-state index contributed by atoms with van der Waals surface area (Å²) >= 11 is 0. The molecule has 0 saturated carbocycles. The smallest absolute Gasteiger partial charge is 0.278 e. The van der Waals surface area contributed by atoms with Gasteiger partial charge in [0.05, 0.1) is 10.6 Å². The van der Waals surface area contributed by atoms with Crippen molar-refractivity contribution >= 4 is 5.69 Å². The number of rotatable bonds is 6. The predicted octanol–water partition coefficient (Wildman–Crippen LogP) is 2.34. The van der Waals surface area contributed by atoms with Gasteiger partial charge in [0.1, 0.15) is 0 Å². The summed E-state index contributed by atoms with van der Waals surface area (Å²) in [6.07, 6.45) is 5.65. The van der Waals surface area contributed by atoms with E-state index in [1.54, 1.807) is 20.0 Å². The van der Waals surface area contributed by atoms with E-state index in [4.69, 9.17) is 5.11 Å². The molecule has 2 rings (SSSR count). The van der Waals surface area contributed by atoms with Gasteiger partial charge in [0.25, 0.3) is 5.69 Å². The maximum Gasteiger partial charge on any atom is 0.278 e. The third-order valence-corrected chi connectivity index (χ3v) is 4.31. The first-order valence-electron chi connectivity index (χ1n) is 7.49. The fraction of sp³-hybridized carbons (Fsp3) is 0.667. The molecule has 1 unspecified atom stereocenters. The highest BCUT2D eigenvalue weighted by Crippen LogP contribution is 2.28. The Morgan fingerprint density at radius 3 is 2.95 bits per heavy atom. The quantitative estimate of drug-likeness (QED) is 0.643. The van der Waals surface area contributed by atoms with Crippen LogP contribution in [0.5, 0.6) is 0 Å². The van der Waals surface area contributed by atoms with Gasteiger partial charge in [-0.15, -0.1) is 0 Å². The molecule has 6 nitrogen and oxygen atoms in total. The fourth-order valence-corrected chi connectivity index (χ4v) is 3.15. The van der Waals surface area contributed by atoms with Gasteiger partial charge < -0.3 is 5.11 Å². The molecule has 1 aromatic heterocycles. The van der Waals surface area contributed by atoms with E-state index in [9.17, 15) is 10.1 Å². The van der Waals surface area contributed by atoms with Crippen molar-refractivity contribution in [2.75, 3.05) is 13.2 Å². The molecule has 1 aliphatic heterocycles. The third-order valence-electron chi connectivity index (χ3n) is 4.31. The van der Waals surface area contributed by atoms with E-state index in [0.29, 0.717) is 23.7 Å². The first-order chi connectivity index (χ1) is 10.0. The standard InChI is InChI=1S/C15H23N3O3/c1-11-9-16-14(12(2)15(11)18(20)21)10-17-7-3-5-13(17)6-4-8-19/h9,13,19H,3-8,10H2,1-2H3. The highest BCUT2D eigenvalue weighted by atomic mass is 16.6. The average molecular weight is 293 g/mol. The number of aromatic nitrogens is 1. The van der Waals surface area contributed by atoms with E-state index in [-0.39, 0.29) is 17.2 Å². The Balaban J connectivity index is 2.16. The lowest BCUT2D eigenvalue weighted by Gasteiger charge is -2.24. The summed E-state index contributed by atoms with van der Waals surface area (Å²) in [4.78, 5) is 17.6. The van der Waals surface area contributed by atoms with Gasteiger partial charge in [0.2, 0.25) is 0 Å². The summed E-state index contributed by atoms with van der Waals surface area (Å²) < 4.78 is 0. The second-order valence-corrected chi connectivity index (χ2v) is 5.75. The van der Waals surface area contributed by atoms with Crippen LogP contribution in [-0.4, -0.2) is 39.1 Å². The van der Waals surface area contributed by atoms with Crippen LogP contribution in [0.3, 0.4) is 0 Å². The summed E-state index contributed by atoms with van der Waals surface area (Å²) in [7, 11) is 0. The Labute approximate surface area is 125 Å². The van der Waals surface area contributed by atoms with Crippen LogP contribution in [0.25, 0.3) is 0 Å². The van der Waals surface area contributed by atoms with Gasteiger partial charge in [-0.05, 0) is 46.1 Å². The van der Waals surface area contributed by atoms with Crippen LogP contribution in [0.15, 0.2) is 6.20 Å². The summed E-state index contributed by atoms with van der Waals surface area (Å²) in [5.74, 6) is 0. The Morgan fingerprint density at radius 1 is 1.52 bits per heavy atom. The van der Waals surface area contributed by atoms with Crippen molar-refractivity contribution in [3.63, 3.8) is 0 Å². The molecule has 116 valence electrons. The molecule has 0 amide bonds. The molecule has 1 N–H and O–H groups in total. The Kier molecular flexibility index (Phi) is 5.25. The van der Waals surface area contributed by atoms with E-state index in [1.165, 1.54) is 0 Å². The van der Waals surface area contributed by atoms with Gasteiger partial charge in [-0.1, -0.05) is 0 Å². The topological polar surface area (TPSA) is 79.5 Å². The summed E-state index contributed by atoms with van der Waals surface area (Å²) in [6, 6.07) is 0.457. The van der Waals surface area contributed by atoms with Gasteiger partial charge in [0.15, 0.2) is 0 Å². The van der Waals surface area contributed by atoms with Crippen molar-refractivity contribution in [2.24, 2.45) is 0 Å². The number of likely N-dealkylation sites (tertiary alicyclic amines) is 1. The van der Waals surface area contributed by atoms with E-state index >= 15 is 0 Å². The minimum atomic E-state index is -0.316. The van der Waals surface area contributed by atoms with Crippen molar-refractivity contribution in [3.8, 4) is 0 Å². The van der Waals surface area contributed by atoms with Gasteiger partial charge in [-0.2, -0.15) is 0 Å². The molecule has 1 saturated heterocycles. The molecule has 0 aliphatic carbocycles. The second-order valence-electron chi connectivity index (χ2n) is 5.75. The van der Waals surface area contributed by atoms with Crippen LogP contribution in [0.1, 0.15) is 42.5 Å². The summed E-state index contributed by atoms with van der Waals surface area (Å²) in [5.41, 5.74) is 2.27. The van der Waals surface area contributed by atoms with Gasteiger partial charge in [-0.25, -0.2) is 0 Å². The number of nitro groups is 1. The Hall–Kier alpha value is -1.53. The lowest BCUT2D eigenvalue weighted by molar-refractivity contribution is -0.386. The van der Waals surface area contributed by atoms with Crippen molar-refractivity contribution in [3.05, 3.63) is 33.1 Å². The van der Waals surface area contributed by atoms with Crippen molar-refractivity contribution in [1.29, 1.82) is 0 Å². The predicted molar refractivity (Wildman–Crippen MR) is 80.1 cm³/mol. The fourth-order valence-electron chi connectivity index (χ4n) is 3.15. The Bertz CT molecular complexity index is 519. The van der Waals surface area contributed by atoms with Crippen LogP contribution < -0.4 is 0 Å². The van der Waals surface area contributed by atoms with Gasteiger partial charge in [-0.3, -0.25) is 20.0 Å². The first kappa shape index (κ1) is 15.9. The maximum atomic E-state index is 11.2. The van der Waals surface area contributed by atoms with Crippen molar-refractivity contribution in [1.82, 2.24) is 9.88 Å². The third kappa shape index (κ3) is 3.57. The average Bonchev–Trinajstić information content (AvgIpc) is 2.86. The second kappa shape index (κ2) is 6.95. The van der Waals surface area contributed by atoms with Gasteiger partial charge in [0, 0.05) is 36.5 Å². The lowest BCUT2D eigenvalue weighted by atomic mass is 10.1. The highest BCUT2D eigenvalue weighted by molar-refractivity contribution is 5.47. The number of nitrogens with zero attached hydrogens (tertiary/aromatic N) is 3. The molecule has 21 heavy (non-hydrogen) atoms. The molecule has 0 radical (unpaired) electrons. The van der Waals surface area contributed by atoms with E-state index in [2.05, 4.69) is 9.88 Å². The monoisotopic (exact) mass is 293 g/mol.